The molecule has 3 heterocycles. The van der Waals surface area contributed by atoms with Gasteiger partial charge < -0.3 is 19.1 Å². The van der Waals surface area contributed by atoms with Crippen molar-refractivity contribution >= 4 is 11.8 Å². The summed E-state index contributed by atoms with van der Waals surface area (Å²) in [5.41, 5.74) is 7.78. The van der Waals surface area contributed by atoms with E-state index in [9.17, 15) is 0 Å². The maximum Gasteiger partial charge on any atom is 0.231 e. The molecule has 0 aromatic heterocycles. The molecule has 2 aromatic carbocycles. The van der Waals surface area contributed by atoms with Crippen molar-refractivity contribution in [2.24, 2.45) is 0 Å². The third-order valence-electron chi connectivity index (χ3n) is 5.31. The predicted molar refractivity (Wildman–Crippen MR) is 92.3 cm³/mol. The molecule has 0 bridgehead atoms. The Kier molecular flexibility index (Phi) is 2.84. The van der Waals surface area contributed by atoms with E-state index >= 15 is 0 Å². The number of hydrogen-bond donors (Lipinski definition) is 0. The second-order valence-corrected chi connectivity index (χ2v) is 6.52. The Morgan fingerprint density at radius 2 is 1.96 bits per heavy atom. The zero-order valence-corrected chi connectivity index (χ0v) is 13.9. The molecule has 0 spiro atoms. The summed E-state index contributed by atoms with van der Waals surface area (Å²) in [5, 5.41) is 0. The monoisotopic (exact) mass is 321 g/mol. The number of ether oxygens (including phenoxy) is 3. The van der Waals surface area contributed by atoms with Crippen LogP contribution in [0.2, 0.25) is 0 Å². The standard InChI is InChI=1S/C20H19NO3/c1-12-16-10-21-6-5-14-8-19-20(24-11-23-19)9-15(14)17(21)7-13(16)3-4-18(12)22-2/h3-4,7-9H,5-6,10-11H2,1-2H3. The molecule has 0 unspecified atom stereocenters. The minimum atomic E-state index is 0.322. The Bertz CT molecular complexity index is 885. The molecule has 0 atom stereocenters. The van der Waals surface area contributed by atoms with Crippen molar-refractivity contribution < 1.29 is 14.2 Å². The molecule has 0 saturated heterocycles. The first-order chi connectivity index (χ1) is 11.7. The lowest BCUT2D eigenvalue weighted by Gasteiger charge is -2.37. The van der Waals surface area contributed by atoms with Gasteiger partial charge in [-0.25, -0.2) is 0 Å². The van der Waals surface area contributed by atoms with Crippen LogP contribution in [-0.4, -0.2) is 25.3 Å². The van der Waals surface area contributed by atoms with Crippen molar-refractivity contribution in [1.82, 2.24) is 4.90 Å². The molecule has 0 radical (unpaired) electrons. The third-order valence-corrected chi connectivity index (χ3v) is 5.31. The Balaban J connectivity index is 1.66. The average Bonchev–Trinajstić information content (AvgIpc) is 3.06. The van der Waals surface area contributed by atoms with Gasteiger partial charge in [-0.2, -0.15) is 0 Å². The highest BCUT2D eigenvalue weighted by atomic mass is 16.7. The molecule has 0 saturated carbocycles. The molecule has 4 nitrogen and oxygen atoms in total. The lowest BCUT2D eigenvalue weighted by molar-refractivity contribution is 0.174. The number of methoxy groups -OCH3 is 1. The number of rotatable bonds is 1. The highest BCUT2D eigenvalue weighted by Gasteiger charge is 2.29. The van der Waals surface area contributed by atoms with Crippen LogP contribution in [0.1, 0.15) is 27.8 Å². The van der Waals surface area contributed by atoms with Crippen LogP contribution < -0.4 is 14.2 Å². The zero-order valence-electron chi connectivity index (χ0n) is 13.9. The Morgan fingerprint density at radius 3 is 2.79 bits per heavy atom. The Morgan fingerprint density at radius 1 is 1.12 bits per heavy atom. The van der Waals surface area contributed by atoms with Crippen LogP contribution in [0.4, 0.5) is 0 Å². The molecule has 3 aliphatic heterocycles. The molecule has 24 heavy (non-hydrogen) atoms. The van der Waals surface area contributed by atoms with Crippen LogP contribution in [0.25, 0.3) is 11.8 Å². The highest BCUT2D eigenvalue weighted by molar-refractivity contribution is 5.86. The average molecular weight is 321 g/mol. The molecule has 0 fully saturated rings. The molecule has 0 aliphatic carbocycles. The second-order valence-electron chi connectivity index (χ2n) is 6.52. The molecule has 5 rings (SSSR count). The molecule has 0 N–H and O–H groups in total. The number of benzene rings is 2. The van der Waals surface area contributed by atoms with Crippen molar-refractivity contribution in [1.29, 1.82) is 0 Å². The van der Waals surface area contributed by atoms with Gasteiger partial charge in [-0.05, 0) is 59.9 Å². The minimum Gasteiger partial charge on any atom is -0.496 e. The molecule has 3 aliphatic rings. The van der Waals surface area contributed by atoms with Gasteiger partial charge in [-0.3, -0.25) is 0 Å². The molecular formula is C20H19NO3. The summed E-state index contributed by atoms with van der Waals surface area (Å²) in [6, 6.07) is 8.50. The van der Waals surface area contributed by atoms with E-state index in [4.69, 9.17) is 14.2 Å². The zero-order chi connectivity index (χ0) is 16.3. The van der Waals surface area contributed by atoms with Gasteiger partial charge in [0.25, 0.3) is 0 Å². The van der Waals surface area contributed by atoms with Crippen LogP contribution in [0.5, 0.6) is 17.2 Å². The van der Waals surface area contributed by atoms with Crippen molar-refractivity contribution in [2.75, 3.05) is 20.4 Å². The van der Waals surface area contributed by atoms with Gasteiger partial charge in [0.1, 0.15) is 5.75 Å². The summed E-state index contributed by atoms with van der Waals surface area (Å²) in [5.74, 6) is 2.69. The molecule has 4 heteroatoms. The van der Waals surface area contributed by atoms with Crippen molar-refractivity contribution in [3.05, 3.63) is 52.1 Å². The third kappa shape index (κ3) is 1.86. The van der Waals surface area contributed by atoms with Crippen LogP contribution in [0, 0.1) is 6.92 Å². The fraction of sp³-hybridized carbons (Fsp3) is 0.300. The van der Waals surface area contributed by atoms with Gasteiger partial charge >= 0.3 is 0 Å². The first kappa shape index (κ1) is 13.8. The smallest absolute Gasteiger partial charge is 0.231 e. The fourth-order valence-corrected chi connectivity index (χ4v) is 3.97. The summed E-state index contributed by atoms with van der Waals surface area (Å²) in [4.78, 5) is 2.46. The maximum atomic E-state index is 5.58. The fourth-order valence-electron chi connectivity index (χ4n) is 3.97. The molecular weight excluding hydrogens is 302 g/mol. The number of nitrogens with zero attached hydrogens (tertiary/aromatic N) is 1. The lowest BCUT2D eigenvalue weighted by Crippen LogP contribution is -2.31. The lowest BCUT2D eigenvalue weighted by atomic mass is 9.89. The first-order valence-corrected chi connectivity index (χ1v) is 8.30. The molecule has 122 valence electrons. The van der Waals surface area contributed by atoms with Gasteiger partial charge in [0.05, 0.1) is 7.11 Å². The van der Waals surface area contributed by atoms with Gasteiger partial charge in [0, 0.05) is 24.4 Å². The maximum absolute atomic E-state index is 5.58. The predicted octanol–water partition coefficient (Wildman–Crippen LogP) is 3.60. The minimum absolute atomic E-state index is 0.322. The van der Waals surface area contributed by atoms with E-state index in [1.54, 1.807) is 7.11 Å². The Labute approximate surface area is 141 Å². The Hall–Kier alpha value is -2.62. The largest absolute Gasteiger partial charge is 0.496 e. The van der Waals surface area contributed by atoms with Gasteiger partial charge in [0.2, 0.25) is 6.79 Å². The summed E-state index contributed by atoms with van der Waals surface area (Å²) >= 11 is 0. The molecule has 2 aromatic rings. The summed E-state index contributed by atoms with van der Waals surface area (Å²) in [6.45, 7) is 4.42. The van der Waals surface area contributed by atoms with E-state index in [-0.39, 0.29) is 0 Å². The van der Waals surface area contributed by atoms with E-state index < -0.39 is 0 Å². The van der Waals surface area contributed by atoms with Crippen LogP contribution in [0.3, 0.4) is 0 Å². The topological polar surface area (TPSA) is 30.9 Å². The van der Waals surface area contributed by atoms with E-state index in [2.05, 4.69) is 42.2 Å². The van der Waals surface area contributed by atoms with Crippen LogP contribution in [-0.2, 0) is 13.0 Å². The van der Waals surface area contributed by atoms with Gasteiger partial charge in [0.15, 0.2) is 11.5 Å². The van der Waals surface area contributed by atoms with Crippen molar-refractivity contribution in [2.45, 2.75) is 19.9 Å². The SMILES string of the molecule is COc1ccc2c(c1C)CN1CCc3cc4c(cc3C1=C2)OCO4. The summed E-state index contributed by atoms with van der Waals surface area (Å²) in [6.07, 6.45) is 3.33. The van der Waals surface area contributed by atoms with E-state index in [1.807, 2.05) is 0 Å². The summed E-state index contributed by atoms with van der Waals surface area (Å²) in [7, 11) is 1.73. The van der Waals surface area contributed by atoms with E-state index in [1.165, 1.54) is 33.5 Å². The number of hydrogen-bond acceptors (Lipinski definition) is 4. The van der Waals surface area contributed by atoms with Gasteiger partial charge in [-0.1, -0.05) is 6.07 Å². The van der Waals surface area contributed by atoms with E-state index in [0.29, 0.717) is 6.79 Å². The van der Waals surface area contributed by atoms with Crippen LogP contribution in [0.15, 0.2) is 24.3 Å². The normalized spacial score (nSPS) is 16.9. The van der Waals surface area contributed by atoms with Crippen molar-refractivity contribution in [3.8, 4) is 17.2 Å². The van der Waals surface area contributed by atoms with Crippen molar-refractivity contribution in [3.63, 3.8) is 0 Å². The number of fused-ring (bicyclic) bond motifs is 5. The van der Waals surface area contributed by atoms with E-state index in [0.717, 1.165) is 36.8 Å². The summed E-state index contributed by atoms with van der Waals surface area (Å²) < 4.78 is 16.6. The quantitative estimate of drug-likeness (QED) is 0.803. The molecule has 0 amide bonds. The highest BCUT2D eigenvalue weighted by Crippen LogP contribution is 2.43. The first-order valence-electron chi connectivity index (χ1n) is 8.30. The van der Waals surface area contributed by atoms with Gasteiger partial charge in [-0.15, -0.1) is 0 Å². The van der Waals surface area contributed by atoms with Crippen LogP contribution >= 0.6 is 0 Å². The second kappa shape index (κ2) is 4.94.